The van der Waals surface area contributed by atoms with Crippen molar-refractivity contribution in [1.29, 1.82) is 0 Å². The van der Waals surface area contributed by atoms with Crippen molar-refractivity contribution in [2.45, 2.75) is 76.7 Å². The number of hydrogen-bond acceptors (Lipinski definition) is 5. The summed E-state index contributed by atoms with van der Waals surface area (Å²) < 4.78 is 5.47. The molecule has 1 aliphatic rings. The van der Waals surface area contributed by atoms with Gasteiger partial charge in [0.05, 0.1) is 5.60 Å². The number of aromatic nitrogens is 2. The Morgan fingerprint density at radius 1 is 1.27 bits per heavy atom. The topological polar surface area (TPSA) is 88.2 Å². The second kappa shape index (κ2) is 7.72. The van der Waals surface area contributed by atoms with Crippen molar-refractivity contribution in [1.82, 2.24) is 15.5 Å². The third kappa shape index (κ3) is 5.09. The van der Waals surface area contributed by atoms with Crippen molar-refractivity contribution in [2.24, 2.45) is 0 Å². The van der Waals surface area contributed by atoms with Gasteiger partial charge in [0, 0.05) is 25.3 Å². The fourth-order valence-corrected chi connectivity index (χ4v) is 2.74. The summed E-state index contributed by atoms with van der Waals surface area (Å²) in [4.78, 5) is 11.9. The molecule has 1 amide bonds. The lowest BCUT2D eigenvalue weighted by Gasteiger charge is -2.26. The average Bonchev–Trinajstić information content (AvgIpc) is 2.86. The van der Waals surface area contributed by atoms with Crippen molar-refractivity contribution in [3.05, 3.63) is 11.8 Å². The Labute approximate surface area is 131 Å². The smallest absolute Gasteiger partial charge is 0.220 e. The molecule has 0 unspecified atom stereocenters. The van der Waals surface area contributed by atoms with Crippen LogP contribution in [0.5, 0.6) is 0 Å². The molecule has 22 heavy (non-hydrogen) atoms. The van der Waals surface area contributed by atoms with Gasteiger partial charge in [-0.3, -0.25) is 4.79 Å². The van der Waals surface area contributed by atoms with Crippen LogP contribution in [-0.2, 0) is 11.2 Å². The summed E-state index contributed by atoms with van der Waals surface area (Å²) in [5, 5.41) is 21.2. The minimum Gasteiger partial charge on any atom is -0.425 e. The number of nitrogens with one attached hydrogen (secondary N) is 1. The summed E-state index contributed by atoms with van der Waals surface area (Å²) in [5.74, 6) is 1.21. The molecule has 0 saturated heterocycles. The number of hydrogen-bond donors (Lipinski definition) is 2. The van der Waals surface area contributed by atoms with Gasteiger partial charge in [-0.1, -0.05) is 39.5 Å². The largest absolute Gasteiger partial charge is 0.425 e. The van der Waals surface area contributed by atoms with Crippen LogP contribution in [0.25, 0.3) is 0 Å². The van der Waals surface area contributed by atoms with Crippen molar-refractivity contribution in [3.8, 4) is 0 Å². The fraction of sp³-hybridized carbons (Fsp3) is 0.812. The SMILES string of the molecule is CC(C)c1nnc(CCC(=O)NCC2(O)CCCCCC2)o1. The number of carbonyl (C=O) groups excluding carboxylic acids is 1. The van der Waals surface area contributed by atoms with E-state index in [9.17, 15) is 9.90 Å². The highest BCUT2D eigenvalue weighted by Gasteiger charge is 2.28. The summed E-state index contributed by atoms with van der Waals surface area (Å²) in [6.45, 7) is 4.31. The van der Waals surface area contributed by atoms with Crippen LogP contribution in [0.2, 0.25) is 0 Å². The lowest BCUT2D eigenvalue weighted by Crippen LogP contribution is -2.42. The Kier molecular flexibility index (Phi) is 5.94. The Morgan fingerprint density at radius 2 is 1.95 bits per heavy atom. The van der Waals surface area contributed by atoms with E-state index in [-0.39, 0.29) is 11.8 Å². The van der Waals surface area contributed by atoms with Crippen LogP contribution in [0.15, 0.2) is 4.42 Å². The molecule has 6 heteroatoms. The number of aliphatic hydroxyl groups is 1. The van der Waals surface area contributed by atoms with E-state index in [1.165, 1.54) is 12.8 Å². The molecule has 1 fully saturated rings. The molecule has 2 rings (SSSR count). The van der Waals surface area contributed by atoms with Crippen LogP contribution < -0.4 is 5.32 Å². The molecule has 0 aromatic carbocycles. The third-order valence-corrected chi connectivity index (χ3v) is 4.19. The Balaban J connectivity index is 1.73. The zero-order valence-corrected chi connectivity index (χ0v) is 13.6. The van der Waals surface area contributed by atoms with Crippen molar-refractivity contribution >= 4 is 5.91 Å². The van der Waals surface area contributed by atoms with Gasteiger partial charge in [0.25, 0.3) is 0 Å². The summed E-state index contributed by atoms with van der Waals surface area (Å²) in [6.07, 6.45) is 6.69. The lowest BCUT2D eigenvalue weighted by molar-refractivity contribution is -0.122. The molecule has 0 aliphatic heterocycles. The van der Waals surface area contributed by atoms with Gasteiger partial charge in [-0.15, -0.1) is 10.2 Å². The number of aryl methyl sites for hydroxylation is 1. The van der Waals surface area contributed by atoms with E-state index in [4.69, 9.17) is 4.42 Å². The summed E-state index contributed by atoms with van der Waals surface area (Å²) in [6, 6.07) is 0. The van der Waals surface area contributed by atoms with E-state index in [2.05, 4.69) is 15.5 Å². The normalized spacial score (nSPS) is 18.2. The maximum absolute atomic E-state index is 11.9. The van der Waals surface area contributed by atoms with Crippen LogP contribution in [0, 0.1) is 0 Å². The molecular formula is C16H27N3O3. The Hall–Kier alpha value is -1.43. The van der Waals surface area contributed by atoms with Crippen molar-refractivity contribution < 1.29 is 14.3 Å². The van der Waals surface area contributed by atoms with Gasteiger partial charge in [0.1, 0.15) is 0 Å². The molecule has 0 bridgehead atoms. The molecule has 1 aromatic rings. The minimum atomic E-state index is -0.735. The van der Waals surface area contributed by atoms with Crippen LogP contribution >= 0.6 is 0 Å². The first-order valence-electron chi connectivity index (χ1n) is 8.30. The van der Waals surface area contributed by atoms with Gasteiger partial charge in [0.15, 0.2) is 0 Å². The van der Waals surface area contributed by atoms with E-state index >= 15 is 0 Å². The highest BCUT2D eigenvalue weighted by atomic mass is 16.4. The van der Waals surface area contributed by atoms with Gasteiger partial charge in [-0.25, -0.2) is 0 Å². The number of nitrogens with zero attached hydrogens (tertiary/aromatic N) is 2. The summed E-state index contributed by atoms with van der Waals surface area (Å²) in [7, 11) is 0. The molecule has 124 valence electrons. The molecule has 1 heterocycles. The van der Waals surface area contributed by atoms with Crippen LogP contribution in [0.1, 0.15) is 76.5 Å². The Bertz CT molecular complexity index is 477. The molecule has 6 nitrogen and oxygen atoms in total. The summed E-state index contributed by atoms with van der Waals surface area (Å²) in [5.41, 5.74) is -0.735. The van der Waals surface area contributed by atoms with Crippen molar-refractivity contribution in [3.63, 3.8) is 0 Å². The zero-order valence-electron chi connectivity index (χ0n) is 13.6. The maximum atomic E-state index is 11.9. The molecular weight excluding hydrogens is 282 g/mol. The molecule has 1 aliphatic carbocycles. The van der Waals surface area contributed by atoms with Crippen LogP contribution in [0.3, 0.4) is 0 Å². The van der Waals surface area contributed by atoms with E-state index in [1.54, 1.807) is 0 Å². The Morgan fingerprint density at radius 3 is 2.55 bits per heavy atom. The lowest BCUT2D eigenvalue weighted by atomic mass is 9.94. The minimum absolute atomic E-state index is 0.0815. The van der Waals surface area contributed by atoms with Crippen molar-refractivity contribution in [2.75, 3.05) is 6.54 Å². The standard InChI is InChI=1S/C16H27N3O3/c1-12(2)15-19-18-14(22-15)8-7-13(20)17-11-16(21)9-5-3-4-6-10-16/h12,21H,3-11H2,1-2H3,(H,17,20). The molecule has 1 saturated carbocycles. The first-order valence-corrected chi connectivity index (χ1v) is 8.30. The highest BCUT2D eigenvalue weighted by molar-refractivity contribution is 5.76. The number of amides is 1. The second-order valence-corrected chi connectivity index (χ2v) is 6.60. The van der Waals surface area contributed by atoms with E-state index < -0.39 is 5.60 Å². The van der Waals surface area contributed by atoms with E-state index in [0.29, 0.717) is 31.2 Å². The predicted octanol–water partition coefficient (Wildman–Crippen LogP) is 2.33. The van der Waals surface area contributed by atoms with Gasteiger partial charge in [0.2, 0.25) is 17.7 Å². The molecule has 2 N–H and O–H groups in total. The first kappa shape index (κ1) is 16.9. The van der Waals surface area contributed by atoms with Gasteiger partial charge in [-0.2, -0.15) is 0 Å². The van der Waals surface area contributed by atoms with Gasteiger partial charge >= 0.3 is 0 Å². The van der Waals surface area contributed by atoms with Crippen LogP contribution in [-0.4, -0.2) is 33.4 Å². The zero-order chi connectivity index (χ0) is 16.0. The average molecular weight is 309 g/mol. The number of rotatable bonds is 6. The molecule has 1 aromatic heterocycles. The quantitative estimate of drug-likeness (QED) is 0.787. The fourth-order valence-electron chi connectivity index (χ4n) is 2.74. The number of carbonyl (C=O) groups is 1. The maximum Gasteiger partial charge on any atom is 0.220 e. The van der Waals surface area contributed by atoms with E-state index in [0.717, 1.165) is 25.7 Å². The molecule has 0 radical (unpaired) electrons. The van der Waals surface area contributed by atoms with Crippen LogP contribution in [0.4, 0.5) is 0 Å². The summed E-state index contributed by atoms with van der Waals surface area (Å²) >= 11 is 0. The monoisotopic (exact) mass is 309 g/mol. The predicted molar refractivity (Wildman–Crippen MR) is 82.4 cm³/mol. The molecule has 0 atom stereocenters. The van der Waals surface area contributed by atoms with E-state index in [1.807, 2.05) is 13.8 Å². The molecule has 0 spiro atoms. The highest BCUT2D eigenvalue weighted by Crippen LogP contribution is 2.26. The van der Waals surface area contributed by atoms with Gasteiger partial charge < -0.3 is 14.8 Å². The second-order valence-electron chi connectivity index (χ2n) is 6.60. The third-order valence-electron chi connectivity index (χ3n) is 4.19. The van der Waals surface area contributed by atoms with Gasteiger partial charge in [-0.05, 0) is 12.8 Å². The first-order chi connectivity index (χ1) is 10.5.